The fraction of sp³-hybridized carbons (Fsp3) is 0.293. The molecular formula is C41H43NO9. The van der Waals surface area contributed by atoms with Gasteiger partial charge in [-0.2, -0.15) is 0 Å². The van der Waals surface area contributed by atoms with Crippen LogP contribution in [-0.2, 0) is 16.0 Å². The van der Waals surface area contributed by atoms with Crippen molar-refractivity contribution in [1.82, 2.24) is 0 Å². The Labute approximate surface area is 297 Å². The number of rotatable bonds is 11. The third-order valence-electron chi connectivity index (χ3n) is 9.23. The largest absolute Gasteiger partial charge is 0.497 e. The van der Waals surface area contributed by atoms with Crippen LogP contribution in [0, 0.1) is 0 Å². The molecule has 0 saturated carbocycles. The van der Waals surface area contributed by atoms with Gasteiger partial charge in [0.1, 0.15) is 41.3 Å². The van der Waals surface area contributed by atoms with E-state index in [0.717, 1.165) is 33.2 Å². The summed E-state index contributed by atoms with van der Waals surface area (Å²) in [6, 6.07) is 31.9. The number of carbonyl (C=O) groups is 1. The molecule has 51 heavy (non-hydrogen) atoms. The first-order chi connectivity index (χ1) is 24.5. The van der Waals surface area contributed by atoms with E-state index in [1.807, 2.05) is 84.9 Å². The van der Waals surface area contributed by atoms with E-state index in [0.29, 0.717) is 35.0 Å². The van der Waals surface area contributed by atoms with Crippen LogP contribution in [0.3, 0.4) is 0 Å². The summed E-state index contributed by atoms with van der Waals surface area (Å²) in [6.07, 6.45) is -4.35. The summed E-state index contributed by atoms with van der Waals surface area (Å²) < 4.78 is 33.9. The molecule has 1 aliphatic heterocycles. The minimum atomic E-state index is -1.32. The summed E-state index contributed by atoms with van der Waals surface area (Å²) in [5.41, 5.74) is 2.81. The molecule has 1 aliphatic rings. The van der Waals surface area contributed by atoms with Crippen LogP contribution in [-0.4, -0.2) is 74.8 Å². The molecule has 10 nitrogen and oxygen atoms in total. The van der Waals surface area contributed by atoms with Gasteiger partial charge < -0.3 is 43.5 Å². The summed E-state index contributed by atoms with van der Waals surface area (Å²) in [5.74, 6) is 2.30. The Bertz CT molecular complexity index is 1990. The highest BCUT2D eigenvalue weighted by Gasteiger charge is 2.50. The average Bonchev–Trinajstić information content (AvgIpc) is 3.15. The van der Waals surface area contributed by atoms with Gasteiger partial charge in [0.2, 0.25) is 6.29 Å². The lowest BCUT2D eigenvalue weighted by atomic mass is 9.89. The minimum absolute atomic E-state index is 0.198. The second kappa shape index (κ2) is 15.0. The fourth-order valence-corrected chi connectivity index (χ4v) is 6.50. The molecule has 266 valence electrons. The first-order valence-electron chi connectivity index (χ1n) is 16.6. The Morgan fingerprint density at radius 1 is 0.745 bits per heavy atom. The summed E-state index contributed by atoms with van der Waals surface area (Å²) in [4.78, 5) is 16.2. The first-order valence-corrected chi connectivity index (χ1v) is 16.6. The van der Waals surface area contributed by atoms with E-state index in [2.05, 4.69) is 0 Å². The second-order valence-corrected chi connectivity index (χ2v) is 12.9. The van der Waals surface area contributed by atoms with Gasteiger partial charge in [-0.15, -0.1) is 0 Å². The maximum Gasteiger partial charge on any atom is 0.258 e. The molecule has 0 bridgehead atoms. The number of aliphatic hydroxyl groups excluding tert-OH is 2. The topological polar surface area (TPSA) is 116 Å². The molecule has 1 saturated heterocycles. The number of hydrogen-bond acceptors (Lipinski definition) is 9. The number of fused-ring (bicyclic) bond motifs is 1. The van der Waals surface area contributed by atoms with Crippen molar-refractivity contribution in [2.75, 3.05) is 33.3 Å². The second-order valence-electron chi connectivity index (χ2n) is 12.9. The van der Waals surface area contributed by atoms with Crippen molar-refractivity contribution in [2.24, 2.45) is 0 Å². The number of anilines is 1. The molecule has 10 heteroatoms. The molecule has 2 N–H and O–H groups in total. The van der Waals surface area contributed by atoms with Gasteiger partial charge in [-0.05, 0) is 102 Å². The Hall–Kier alpha value is -5.13. The summed E-state index contributed by atoms with van der Waals surface area (Å²) in [5, 5.41) is 23.1. The predicted molar refractivity (Wildman–Crippen MR) is 195 cm³/mol. The van der Waals surface area contributed by atoms with E-state index in [1.165, 1.54) is 7.11 Å². The summed E-state index contributed by atoms with van der Waals surface area (Å²) >= 11 is 0. The van der Waals surface area contributed by atoms with Gasteiger partial charge in [-0.3, -0.25) is 4.79 Å². The highest BCUT2D eigenvalue weighted by molar-refractivity contribution is 6.08. The molecule has 1 amide bonds. The molecule has 6 rings (SSSR count). The number of carbonyl (C=O) groups excluding carboxylic acids is 1. The van der Waals surface area contributed by atoms with E-state index in [-0.39, 0.29) is 5.91 Å². The number of hydrogen-bond donors (Lipinski definition) is 2. The Kier molecular flexibility index (Phi) is 10.5. The van der Waals surface area contributed by atoms with Crippen LogP contribution in [0.1, 0.15) is 29.8 Å². The monoisotopic (exact) mass is 693 g/mol. The highest BCUT2D eigenvalue weighted by atomic mass is 16.7. The zero-order valence-corrected chi connectivity index (χ0v) is 29.5. The maximum absolute atomic E-state index is 14.5. The number of benzene rings is 5. The van der Waals surface area contributed by atoms with Gasteiger partial charge in [0.05, 0.1) is 33.5 Å². The highest BCUT2D eigenvalue weighted by Crippen LogP contribution is 2.36. The van der Waals surface area contributed by atoms with Gasteiger partial charge in [0, 0.05) is 23.9 Å². The van der Waals surface area contributed by atoms with Crippen molar-refractivity contribution >= 4 is 22.4 Å². The molecule has 5 aromatic carbocycles. The number of aliphatic hydroxyl groups is 2. The standard InChI is InChI=1S/C41H43NO9/c1-41(2)38(49-6)36(43)37(44)40(51-41)50-33-18-13-26-20-30(15-12-27(26)21-33)42(24-25-10-16-31(46-3)17-11-25)39(45)29-14-19-35(48-5)34(23-29)28-8-7-9-32(22-28)47-4/h7-23,36-38,40,43-44H,24H2,1-6H3. The van der Waals surface area contributed by atoms with Crippen LogP contribution in [0.2, 0.25) is 0 Å². The van der Waals surface area contributed by atoms with Gasteiger partial charge in [0.25, 0.3) is 5.91 Å². The van der Waals surface area contributed by atoms with Gasteiger partial charge in [-0.1, -0.05) is 36.4 Å². The average molecular weight is 694 g/mol. The van der Waals surface area contributed by atoms with Crippen LogP contribution in [0.15, 0.2) is 103 Å². The maximum atomic E-state index is 14.5. The number of amides is 1. The normalized spacial score (nSPS) is 19.7. The van der Waals surface area contributed by atoms with E-state index < -0.39 is 30.2 Å². The van der Waals surface area contributed by atoms with Crippen LogP contribution < -0.4 is 23.8 Å². The first kappa shape index (κ1) is 35.7. The molecule has 4 unspecified atom stereocenters. The lowest BCUT2D eigenvalue weighted by Gasteiger charge is -2.46. The summed E-state index contributed by atoms with van der Waals surface area (Å²) in [6.45, 7) is 3.85. The van der Waals surface area contributed by atoms with Gasteiger partial charge in [0.15, 0.2) is 0 Å². The minimum Gasteiger partial charge on any atom is -0.497 e. The lowest BCUT2D eigenvalue weighted by molar-refractivity contribution is -0.305. The molecule has 5 aromatic rings. The zero-order chi connectivity index (χ0) is 36.3. The SMILES string of the molecule is COc1ccc(CN(C(=O)c2ccc(OC)c(-c3cccc(OC)c3)c2)c2ccc3cc(OC4OC(C)(C)C(OC)C(O)C4O)ccc3c2)cc1. The van der Waals surface area contributed by atoms with E-state index >= 15 is 0 Å². The van der Waals surface area contributed by atoms with E-state index in [1.54, 1.807) is 58.3 Å². The molecule has 0 aromatic heterocycles. The third kappa shape index (κ3) is 7.50. The van der Waals surface area contributed by atoms with Crippen molar-refractivity contribution in [3.63, 3.8) is 0 Å². The number of methoxy groups -OCH3 is 4. The predicted octanol–water partition coefficient (Wildman–Crippen LogP) is 6.63. The Balaban J connectivity index is 1.33. The molecule has 0 radical (unpaired) electrons. The quantitative estimate of drug-likeness (QED) is 0.157. The zero-order valence-electron chi connectivity index (χ0n) is 29.5. The molecule has 1 heterocycles. The van der Waals surface area contributed by atoms with Crippen molar-refractivity contribution in [2.45, 2.75) is 50.6 Å². The Morgan fingerprint density at radius 2 is 1.45 bits per heavy atom. The third-order valence-corrected chi connectivity index (χ3v) is 9.23. The molecule has 4 atom stereocenters. The molecule has 0 spiro atoms. The van der Waals surface area contributed by atoms with Crippen molar-refractivity contribution < 1.29 is 43.4 Å². The lowest BCUT2D eigenvalue weighted by Crippen LogP contribution is -2.63. The smallest absolute Gasteiger partial charge is 0.258 e. The summed E-state index contributed by atoms with van der Waals surface area (Å²) in [7, 11) is 6.30. The van der Waals surface area contributed by atoms with Crippen LogP contribution >= 0.6 is 0 Å². The van der Waals surface area contributed by atoms with E-state index in [9.17, 15) is 15.0 Å². The number of ether oxygens (including phenoxy) is 6. The van der Waals surface area contributed by atoms with Crippen LogP contribution in [0.5, 0.6) is 23.0 Å². The fourth-order valence-electron chi connectivity index (χ4n) is 6.50. The molecule has 1 fully saturated rings. The van der Waals surface area contributed by atoms with Crippen LogP contribution in [0.25, 0.3) is 21.9 Å². The molecular weight excluding hydrogens is 650 g/mol. The van der Waals surface area contributed by atoms with Crippen LogP contribution in [0.4, 0.5) is 5.69 Å². The van der Waals surface area contributed by atoms with Crippen molar-refractivity contribution in [1.29, 1.82) is 0 Å². The Morgan fingerprint density at radius 3 is 2.16 bits per heavy atom. The van der Waals surface area contributed by atoms with Gasteiger partial charge in [-0.25, -0.2) is 0 Å². The van der Waals surface area contributed by atoms with Crippen molar-refractivity contribution in [3.05, 3.63) is 114 Å². The molecule has 0 aliphatic carbocycles. The number of nitrogens with zero attached hydrogens (tertiary/aromatic N) is 1. The van der Waals surface area contributed by atoms with Gasteiger partial charge >= 0.3 is 0 Å². The van der Waals surface area contributed by atoms with E-state index in [4.69, 9.17) is 28.4 Å². The van der Waals surface area contributed by atoms with Crippen molar-refractivity contribution in [3.8, 4) is 34.1 Å².